The molecule has 1 atom stereocenters. The molecule has 2 rings (SSSR count). The molecule has 1 fully saturated rings. The number of aliphatic hydroxyl groups is 1. The zero-order chi connectivity index (χ0) is 13.5. The third-order valence-electron chi connectivity index (χ3n) is 3.68. The lowest BCUT2D eigenvalue weighted by atomic mass is 10.1. The van der Waals surface area contributed by atoms with Gasteiger partial charge in [-0.25, -0.2) is 0 Å². The summed E-state index contributed by atoms with van der Waals surface area (Å²) in [6.07, 6.45) is 4.74. The number of hydrogen-bond acceptors (Lipinski definition) is 3. The van der Waals surface area contributed by atoms with Crippen molar-refractivity contribution in [2.24, 2.45) is 0 Å². The molecular weight excluding hydrogens is 238 g/mol. The Kier molecular flexibility index (Phi) is 5.67. The van der Waals surface area contributed by atoms with E-state index < -0.39 is 6.10 Å². The van der Waals surface area contributed by atoms with Gasteiger partial charge < -0.3 is 14.7 Å². The Balaban J connectivity index is 1.94. The summed E-state index contributed by atoms with van der Waals surface area (Å²) in [5, 5.41) is 10.4. The number of aliphatic hydroxyl groups excluding tert-OH is 1. The number of likely N-dealkylation sites (tertiary alicyclic amines) is 1. The van der Waals surface area contributed by atoms with E-state index in [1.807, 2.05) is 31.2 Å². The molecule has 1 aliphatic heterocycles. The normalized spacial score (nSPS) is 18.8. The second kappa shape index (κ2) is 7.51. The van der Waals surface area contributed by atoms with Crippen molar-refractivity contribution in [2.75, 3.05) is 26.2 Å². The van der Waals surface area contributed by atoms with Crippen molar-refractivity contribution in [2.45, 2.75) is 38.7 Å². The Morgan fingerprint density at radius 1 is 1.21 bits per heavy atom. The van der Waals surface area contributed by atoms with Crippen molar-refractivity contribution in [1.29, 1.82) is 0 Å². The minimum atomic E-state index is -0.418. The van der Waals surface area contributed by atoms with Crippen LogP contribution < -0.4 is 4.74 Å². The largest absolute Gasteiger partial charge is 0.494 e. The van der Waals surface area contributed by atoms with Crippen LogP contribution in [-0.4, -0.2) is 36.2 Å². The van der Waals surface area contributed by atoms with Gasteiger partial charge >= 0.3 is 0 Å². The van der Waals surface area contributed by atoms with Crippen LogP contribution in [0.3, 0.4) is 0 Å². The van der Waals surface area contributed by atoms with E-state index in [0.29, 0.717) is 6.61 Å². The highest BCUT2D eigenvalue weighted by Crippen LogP contribution is 2.21. The highest BCUT2D eigenvalue weighted by atomic mass is 16.5. The number of rotatable bonds is 5. The van der Waals surface area contributed by atoms with E-state index in [-0.39, 0.29) is 0 Å². The molecule has 19 heavy (non-hydrogen) atoms. The summed E-state index contributed by atoms with van der Waals surface area (Å²) in [5.74, 6) is 0.843. The first-order valence-corrected chi connectivity index (χ1v) is 7.43. The summed E-state index contributed by atoms with van der Waals surface area (Å²) < 4.78 is 5.48. The Morgan fingerprint density at radius 2 is 1.95 bits per heavy atom. The van der Waals surface area contributed by atoms with Crippen LogP contribution in [0.15, 0.2) is 24.3 Å². The van der Waals surface area contributed by atoms with Crippen LogP contribution in [0.5, 0.6) is 5.75 Å². The summed E-state index contributed by atoms with van der Waals surface area (Å²) in [5.41, 5.74) is 0.954. The topological polar surface area (TPSA) is 32.7 Å². The quantitative estimate of drug-likeness (QED) is 0.886. The smallest absolute Gasteiger partial charge is 0.119 e. The van der Waals surface area contributed by atoms with Crippen molar-refractivity contribution >= 4 is 0 Å². The molecule has 0 radical (unpaired) electrons. The van der Waals surface area contributed by atoms with Gasteiger partial charge in [-0.3, -0.25) is 0 Å². The summed E-state index contributed by atoms with van der Waals surface area (Å²) >= 11 is 0. The lowest BCUT2D eigenvalue weighted by Crippen LogP contribution is -2.29. The van der Waals surface area contributed by atoms with Crippen molar-refractivity contribution < 1.29 is 9.84 Å². The fourth-order valence-corrected chi connectivity index (χ4v) is 2.65. The predicted octanol–water partition coefficient (Wildman–Crippen LogP) is 2.99. The van der Waals surface area contributed by atoms with Crippen molar-refractivity contribution in [3.63, 3.8) is 0 Å². The first kappa shape index (κ1) is 14.4. The molecule has 1 saturated heterocycles. The molecule has 0 aliphatic carbocycles. The van der Waals surface area contributed by atoms with Gasteiger partial charge in [0.05, 0.1) is 12.7 Å². The molecular formula is C16H25NO2. The second-order valence-electron chi connectivity index (χ2n) is 5.24. The van der Waals surface area contributed by atoms with Crippen LogP contribution in [0.2, 0.25) is 0 Å². The molecule has 106 valence electrons. The van der Waals surface area contributed by atoms with Gasteiger partial charge in [0.25, 0.3) is 0 Å². The van der Waals surface area contributed by atoms with Gasteiger partial charge in [-0.2, -0.15) is 0 Å². The first-order valence-electron chi connectivity index (χ1n) is 7.43. The van der Waals surface area contributed by atoms with Crippen LogP contribution in [-0.2, 0) is 0 Å². The molecule has 0 bridgehead atoms. The number of nitrogens with zero attached hydrogens (tertiary/aromatic N) is 1. The maximum absolute atomic E-state index is 10.4. The van der Waals surface area contributed by atoms with Crippen LogP contribution in [0, 0.1) is 0 Å². The molecule has 1 aliphatic rings. The predicted molar refractivity (Wildman–Crippen MR) is 77.5 cm³/mol. The van der Waals surface area contributed by atoms with Crippen LogP contribution >= 0.6 is 0 Å². The lowest BCUT2D eigenvalue weighted by molar-refractivity contribution is 0.115. The number of ether oxygens (including phenoxy) is 1. The minimum absolute atomic E-state index is 0.418. The Hall–Kier alpha value is -1.06. The Bertz CT molecular complexity index is 373. The molecule has 0 saturated carbocycles. The first-order chi connectivity index (χ1) is 9.29. The minimum Gasteiger partial charge on any atom is -0.494 e. The van der Waals surface area contributed by atoms with Gasteiger partial charge in [0.1, 0.15) is 5.75 Å². The zero-order valence-electron chi connectivity index (χ0n) is 11.8. The van der Waals surface area contributed by atoms with Crippen molar-refractivity contribution in [1.82, 2.24) is 4.90 Å². The lowest BCUT2D eigenvalue weighted by Gasteiger charge is -2.23. The van der Waals surface area contributed by atoms with Gasteiger partial charge in [0.2, 0.25) is 0 Å². The van der Waals surface area contributed by atoms with E-state index in [4.69, 9.17) is 4.74 Å². The third kappa shape index (κ3) is 4.51. The van der Waals surface area contributed by atoms with Crippen molar-refractivity contribution in [3.05, 3.63) is 29.8 Å². The molecule has 1 aromatic carbocycles. The Labute approximate surface area is 116 Å². The van der Waals surface area contributed by atoms with E-state index in [9.17, 15) is 5.11 Å². The SMILES string of the molecule is CCOc1cccc(C(O)CN2CCCCCC2)c1. The van der Waals surface area contributed by atoms with E-state index in [1.54, 1.807) is 0 Å². The third-order valence-corrected chi connectivity index (χ3v) is 3.68. The van der Waals surface area contributed by atoms with E-state index in [2.05, 4.69) is 4.90 Å². The van der Waals surface area contributed by atoms with Gasteiger partial charge in [0.15, 0.2) is 0 Å². The van der Waals surface area contributed by atoms with Crippen molar-refractivity contribution in [3.8, 4) is 5.75 Å². The number of benzene rings is 1. The van der Waals surface area contributed by atoms with Gasteiger partial charge in [-0.05, 0) is 50.6 Å². The summed E-state index contributed by atoms with van der Waals surface area (Å²) in [6, 6.07) is 7.81. The molecule has 0 amide bonds. The summed E-state index contributed by atoms with van der Waals surface area (Å²) in [6.45, 7) is 5.59. The number of β-amino-alcohol motifs (C(OH)–C–C–N with tert-alkyl or cyclic N) is 1. The standard InChI is InChI=1S/C16H25NO2/c1-2-19-15-9-7-8-14(12-15)16(18)13-17-10-5-3-4-6-11-17/h7-9,12,16,18H,2-6,10-11,13H2,1H3. The highest BCUT2D eigenvalue weighted by Gasteiger charge is 2.15. The maximum Gasteiger partial charge on any atom is 0.119 e. The molecule has 3 nitrogen and oxygen atoms in total. The van der Waals surface area contributed by atoms with Gasteiger partial charge in [-0.15, -0.1) is 0 Å². The molecule has 1 heterocycles. The van der Waals surface area contributed by atoms with Crippen LogP contribution in [0.25, 0.3) is 0 Å². The summed E-state index contributed by atoms with van der Waals surface area (Å²) in [4.78, 5) is 2.38. The second-order valence-corrected chi connectivity index (χ2v) is 5.24. The van der Waals surface area contributed by atoms with Crippen LogP contribution in [0.4, 0.5) is 0 Å². The molecule has 0 spiro atoms. The Morgan fingerprint density at radius 3 is 2.63 bits per heavy atom. The fourth-order valence-electron chi connectivity index (χ4n) is 2.65. The van der Waals surface area contributed by atoms with E-state index in [0.717, 1.165) is 30.9 Å². The zero-order valence-corrected chi connectivity index (χ0v) is 11.8. The highest BCUT2D eigenvalue weighted by molar-refractivity contribution is 5.30. The molecule has 1 unspecified atom stereocenters. The van der Waals surface area contributed by atoms with Crippen LogP contribution in [0.1, 0.15) is 44.3 Å². The molecule has 1 N–H and O–H groups in total. The average Bonchev–Trinajstić information content (AvgIpc) is 2.68. The van der Waals surface area contributed by atoms with E-state index >= 15 is 0 Å². The summed E-state index contributed by atoms with van der Waals surface area (Å²) in [7, 11) is 0. The molecule has 3 heteroatoms. The van der Waals surface area contributed by atoms with Gasteiger partial charge in [0, 0.05) is 6.54 Å². The number of hydrogen-bond donors (Lipinski definition) is 1. The van der Waals surface area contributed by atoms with Gasteiger partial charge in [-0.1, -0.05) is 25.0 Å². The fraction of sp³-hybridized carbons (Fsp3) is 0.625. The molecule has 1 aromatic rings. The molecule has 0 aromatic heterocycles. The van der Waals surface area contributed by atoms with E-state index in [1.165, 1.54) is 25.7 Å². The monoisotopic (exact) mass is 263 g/mol. The average molecular weight is 263 g/mol. The maximum atomic E-state index is 10.4.